The highest BCUT2D eigenvalue weighted by atomic mass is 16.5. The number of carbonyl (C=O) groups is 1. The van der Waals surface area contributed by atoms with Crippen molar-refractivity contribution >= 4 is 11.6 Å². The molecule has 5 heteroatoms. The molecule has 1 aromatic rings. The molecule has 1 aromatic carbocycles. The number of primary amides is 1. The number of methoxy groups -OCH3 is 1. The number of rotatable bonds is 7. The summed E-state index contributed by atoms with van der Waals surface area (Å²) in [5, 5.41) is 3.07. The van der Waals surface area contributed by atoms with Gasteiger partial charge in [0.15, 0.2) is 0 Å². The first-order valence-electron chi connectivity index (χ1n) is 5.85. The van der Waals surface area contributed by atoms with Crippen LogP contribution in [0.5, 0.6) is 0 Å². The molecular weight excluding hydrogens is 230 g/mol. The summed E-state index contributed by atoms with van der Waals surface area (Å²) in [6.07, 6.45) is 0. The van der Waals surface area contributed by atoms with E-state index in [-0.39, 0.29) is 5.91 Å². The smallest absolute Gasteiger partial charge is 0.239 e. The highest BCUT2D eigenvalue weighted by molar-refractivity contribution is 5.81. The Bertz CT molecular complexity index is 376. The fraction of sp³-hybridized carbons (Fsp3) is 0.462. The predicted molar refractivity (Wildman–Crippen MR) is 72.6 cm³/mol. The van der Waals surface area contributed by atoms with Crippen LogP contribution in [-0.4, -0.2) is 40.3 Å². The highest BCUT2D eigenvalue weighted by Crippen LogP contribution is 2.17. The highest BCUT2D eigenvalue weighted by Gasteiger charge is 2.16. The molecule has 3 N–H and O–H groups in total. The summed E-state index contributed by atoms with van der Waals surface area (Å²) in [4.78, 5) is 13.4. The Morgan fingerprint density at radius 3 is 2.44 bits per heavy atom. The van der Waals surface area contributed by atoms with Gasteiger partial charge in [-0.15, -0.1) is 0 Å². The number of nitrogens with two attached hydrogens (primary N) is 1. The molecule has 1 unspecified atom stereocenters. The van der Waals surface area contributed by atoms with Crippen LogP contribution in [0.3, 0.4) is 0 Å². The van der Waals surface area contributed by atoms with E-state index in [0.717, 1.165) is 11.3 Å². The zero-order valence-corrected chi connectivity index (χ0v) is 11.1. The number of hydrogen-bond donors (Lipinski definition) is 2. The normalized spacial score (nSPS) is 12.2. The number of benzene rings is 1. The van der Waals surface area contributed by atoms with Crippen molar-refractivity contribution in [3.8, 4) is 0 Å². The average Bonchev–Trinajstić information content (AvgIpc) is 2.34. The van der Waals surface area contributed by atoms with E-state index in [1.807, 2.05) is 43.3 Å². The predicted octanol–water partition coefficient (Wildman–Crippen LogP) is 0.515. The van der Waals surface area contributed by atoms with Crippen molar-refractivity contribution < 1.29 is 9.53 Å². The molecule has 5 nitrogen and oxygen atoms in total. The van der Waals surface area contributed by atoms with E-state index in [2.05, 4.69) is 5.32 Å². The SMILES string of the molecule is COCCNC(C(N)=O)c1ccc(N(C)C)cc1. The first-order chi connectivity index (χ1) is 8.56. The molecular formula is C13H21N3O2. The number of nitrogens with one attached hydrogen (secondary N) is 1. The Morgan fingerprint density at radius 1 is 1.39 bits per heavy atom. The van der Waals surface area contributed by atoms with Crippen molar-refractivity contribution in [2.45, 2.75) is 6.04 Å². The third-order valence-corrected chi connectivity index (χ3v) is 2.68. The molecule has 18 heavy (non-hydrogen) atoms. The molecule has 1 rings (SSSR count). The summed E-state index contributed by atoms with van der Waals surface area (Å²) in [5.74, 6) is -0.385. The van der Waals surface area contributed by atoms with Gasteiger partial charge >= 0.3 is 0 Å². The lowest BCUT2D eigenvalue weighted by molar-refractivity contribution is -0.120. The number of ether oxygens (including phenoxy) is 1. The van der Waals surface area contributed by atoms with Gasteiger partial charge in [0.2, 0.25) is 5.91 Å². The molecule has 1 amide bonds. The zero-order chi connectivity index (χ0) is 13.5. The van der Waals surface area contributed by atoms with Gasteiger partial charge in [-0.25, -0.2) is 0 Å². The molecule has 0 saturated heterocycles. The molecule has 0 fully saturated rings. The fourth-order valence-electron chi connectivity index (χ4n) is 1.65. The second-order valence-electron chi connectivity index (χ2n) is 4.27. The Hall–Kier alpha value is -1.59. The van der Waals surface area contributed by atoms with Crippen LogP contribution < -0.4 is 16.0 Å². The number of amides is 1. The van der Waals surface area contributed by atoms with Crippen LogP contribution in [0, 0.1) is 0 Å². The molecule has 0 radical (unpaired) electrons. The number of anilines is 1. The quantitative estimate of drug-likeness (QED) is 0.693. The summed E-state index contributed by atoms with van der Waals surface area (Å²) < 4.78 is 4.94. The Labute approximate surface area is 108 Å². The third-order valence-electron chi connectivity index (χ3n) is 2.68. The molecule has 100 valence electrons. The molecule has 0 aliphatic rings. The van der Waals surface area contributed by atoms with Crippen molar-refractivity contribution in [3.63, 3.8) is 0 Å². The Kier molecular flexibility index (Phi) is 5.61. The molecule has 0 aliphatic heterocycles. The second kappa shape index (κ2) is 6.98. The maximum Gasteiger partial charge on any atom is 0.239 e. The van der Waals surface area contributed by atoms with E-state index in [4.69, 9.17) is 10.5 Å². The number of carbonyl (C=O) groups excluding carboxylic acids is 1. The van der Waals surface area contributed by atoms with Crippen molar-refractivity contribution in [1.29, 1.82) is 0 Å². The Morgan fingerprint density at radius 2 is 2.00 bits per heavy atom. The van der Waals surface area contributed by atoms with Gasteiger partial charge in [0.1, 0.15) is 6.04 Å². The minimum absolute atomic E-state index is 0.385. The van der Waals surface area contributed by atoms with Gasteiger partial charge in [0.05, 0.1) is 6.61 Å². The van der Waals surface area contributed by atoms with Gasteiger partial charge in [-0.05, 0) is 17.7 Å². The van der Waals surface area contributed by atoms with Crippen molar-refractivity contribution in [2.24, 2.45) is 5.73 Å². The van der Waals surface area contributed by atoms with Gasteiger partial charge in [-0.1, -0.05) is 12.1 Å². The van der Waals surface area contributed by atoms with Crippen LogP contribution in [0.2, 0.25) is 0 Å². The van der Waals surface area contributed by atoms with Crippen LogP contribution in [-0.2, 0) is 9.53 Å². The number of nitrogens with zero attached hydrogens (tertiary/aromatic N) is 1. The molecule has 1 atom stereocenters. The van der Waals surface area contributed by atoms with E-state index >= 15 is 0 Å². The van der Waals surface area contributed by atoms with Gasteiger partial charge in [0, 0.05) is 33.4 Å². The monoisotopic (exact) mass is 251 g/mol. The van der Waals surface area contributed by atoms with E-state index in [9.17, 15) is 4.79 Å². The summed E-state index contributed by atoms with van der Waals surface area (Å²) >= 11 is 0. The standard InChI is InChI=1S/C13H21N3O2/c1-16(2)11-6-4-10(5-7-11)12(13(14)17)15-8-9-18-3/h4-7,12,15H,8-9H2,1-3H3,(H2,14,17). The molecule has 0 heterocycles. The van der Waals surface area contributed by atoms with Gasteiger partial charge in [-0.2, -0.15) is 0 Å². The largest absolute Gasteiger partial charge is 0.383 e. The van der Waals surface area contributed by atoms with Gasteiger partial charge in [-0.3, -0.25) is 10.1 Å². The minimum Gasteiger partial charge on any atom is -0.383 e. The maximum atomic E-state index is 11.4. The number of hydrogen-bond acceptors (Lipinski definition) is 4. The average molecular weight is 251 g/mol. The summed E-state index contributed by atoms with van der Waals surface area (Å²) in [5.41, 5.74) is 7.34. The van der Waals surface area contributed by atoms with Gasteiger partial charge in [0.25, 0.3) is 0 Å². The third kappa shape index (κ3) is 4.01. The van der Waals surface area contributed by atoms with Gasteiger partial charge < -0.3 is 15.4 Å². The van der Waals surface area contributed by atoms with E-state index < -0.39 is 6.04 Å². The maximum absolute atomic E-state index is 11.4. The molecule has 0 bridgehead atoms. The zero-order valence-electron chi connectivity index (χ0n) is 11.1. The molecule has 0 aromatic heterocycles. The summed E-state index contributed by atoms with van der Waals surface area (Å²) in [6.45, 7) is 1.12. The minimum atomic E-state index is -0.476. The molecule has 0 spiro atoms. The topological polar surface area (TPSA) is 67.6 Å². The molecule has 0 saturated carbocycles. The summed E-state index contributed by atoms with van der Waals surface area (Å²) in [6, 6.07) is 7.26. The van der Waals surface area contributed by atoms with Crippen LogP contribution in [0.15, 0.2) is 24.3 Å². The van der Waals surface area contributed by atoms with Crippen LogP contribution >= 0.6 is 0 Å². The first kappa shape index (κ1) is 14.5. The van der Waals surface area contributed by atoms with E-state index in [0.29, 0.717) is 13.2 Å². The Balaban J connectivity index is 2.76. The van der Waals surface area contributed by atoms with E-state index in [1.54, 1.807) is 7.11 Å². The van der Waals surface area contributed by atoms with Crippen LogP contribution in [0.1, 0.15) is 11.6 Å². The fourth-order valence-corrected chi connectivity index (χ4v) is 1.65. The van der Waals surface area contributed by atoms with E-state index in [1.165, 1.54) is 0 Å². The van der Waals surface area contributed by atoms with Crippen molar-refractivity contribution in [2.75, 3.05) is 39.3 Å². The summed E-state index contributed by atoms with van der Waals surface area (Å²) in [7, 11) is 5.56. The lowest BCUT2D eigenvalue weighted by atomic mass is 10.1. The van der Waals surface area contributed by atoms with Crippen molar-refractivity contribution in [3.05, 3.63) is 29.8 Å². The van der Waals surface area contributed by atoms with Crippen molar-refractivity contribution in [1.82, 2.24) is 5.32 Å². The van der Waals surface area contributed by atoms with Crippen LogP contribution in [0.4, 0.5) is 5.69 Å². The first-order valence-corrected chi connectivity index (χ1v) is 5.85. The lowest BCUT2D eigenvalue weighted by Crippen LogP contribution is -2.35. The molecule has 0 aliphatic carbocycles. The second-order valence-corrected chi connectivity index (χ2v) is 4.27. The lowest BCUT2D eigenvalue weighted by Gasteiger charge is -2.17. The van der Waals surface area contributed by atoms with Crippen LogP contribution in [0.25, 0.3) is 0 Å².